The highest BCUT2D eigenvalue weighted by Crippen LogP contribution is 2.44. The summed E-state index contributed by atoms with van der Waals surface area (Å²) in [5, 5.41) is 5.89. The Balaban J connectivity index is 2.32. The average Bonchev–Trinajstić information content (AvgIpc) is 3.65. The first-order chi connectivity index (χ1) is 14.8. The molecule has 4 N–H and O–H groups in total. The van der Waals surface area contributed by atoms with Crippen LogP contribution >= 0.6 is 20.7 Å². The fourth-order valence-corrected chi connectivity index (χ4v) is 6.03. The van der Waals surface area contributed by atoms with E-state index in [0.29, 0.717) is 21.9 Å². The molecule has 1 aliphatic carbocycles. The summed E-state index contributed by atoms with van der Waals surface area (Å²) in [7, 11) is 1.96. The summed E-state index contributed by atoms with van der Waals surface area (Å²) in [6.07, 6.45) is 7.25. The third-order valence-electron chi connectivity index (χ3n) is 6.65. The zero-order valence-electron chi connectivity index (χ0n) is 20.7. The second kappa shape index (κ2) is 12.5. The van der Waals surface area contributed by atoms with E-state index in [2.05, 4.69) is 72.8 Å². The number of alkyl halides is 1. The second-order valence-corrected chi connectivity index (χ2v) is 11.3. The maximum Gasteiger partial charge on any atom is 0.131 e. The average molecular weight is 545 g/mol. The summed E-state index contributed by atoms with van der Waals surface area (Å²) in [6, 6.07) is 1.34. The van der Waals surface area contributed by atoms with Gasteiger partial charge in [0.2, 0.25) is 0 Å². The molecule has 2 aliphatic rings. The standard InChI is InChI=1S/C24H45IN6/c1-9-11-19(12-13-26)28-24(29-21-15-31(21)27-8)22-20(23(22)25-7)14-30(17(5)10-2)18(6)16(3)4/h12-13,16-19,21,23,27H,7,9-11,14-15,26H2,1-6,8H3,(H,28,29)/b13-12-/t17-,18+,19+,21?,23-,31?/m1/s1. The number of hydrogen-bond donors (Lipinski definition) is 3. The minimum absolute atomic E-state index is 0.154. The van der Waals surface area contributed by atoms with Crippen LogP contribution in [0.5, 0.6) is 0 Å². The lowest BCUT2D eigenvalue weighted by Crippen LogP contribution is -2.43. The number of hydrogen-bond acceptors (Lipinski definition) is 5. The fraction of sp³-hybridized carbons (Fsp3) is 0.750. The van der Waals surface area contributed by atoms with Crippen LogP contribution in [0, 0.1) is 5.92 Å². The van der Waals surface area contributed by atoms with Gasteiger partial charge in [-0.25, -0.2) is 10.0 Å². The van der Waals surface area contributed by atoms with E-state index in [1.165, 1.54) is 12.0 Å². The van der Waals surface area contributed by atoms with E-state index in [-0.39, 0.29) is 32.9 Å². The lowest BCUT2D eigenvalue weighted by molar-refractivity contribution is 0.132. The highest BCUT2D eigenvalue weighted by molar-refractivity contribution is 14.2. The zero-order chi connectivity index (χ0) is 23.1. The Kier molecular flexibility index (Phi) is 10.6. The van der Waals surface area contributed by atoms with E-state index in [0.717, 1.165) is 31.8 Å². The van der Waals surface area contributed by atoms with Gasteiger partial charge in [-0.1, -0.05) is 38.6 Å². The molecule has 0 spiro atoms. The SMILES string of the molecule is C=I[C@@H]1C(CN([C@H](C)CC)[C@@H](C)C(C)C)=C1C(=NC1CN1NC)N[C@H](/C=C\N)CCC. The molecule has 0 saturated carbocycles. The number of nitrogens with one attached hydrogen (secondary N) is 2. The third-order valence-corrected chi connectivity index (χ3v) is 8.90. The quantitative estimate of drug-likeness (QED) is 0.103. The van der Waals surface area contributed by atoms with Crippen molar-refractivity contribution in [1.29, 1.82) is 0 Å². The smallest absolute Gasteiger partial charge is 0.131 e. The van der Waals surface area contributed by atoms with Crippen LogP contribution in [-0.2, 0) is 0 Å². The van der Waals surface area contributed by atoms with Crippen molar-refractivity contribution < 1.29 is 0 Å². The first-order valence-corrected chi connectivity index (χ1v) is 14.6. The Bertz CT molecular complexity index is 686. The molecule has 0 aromatic carbocycles. The Morgan fingerprint density at radius 2 is 2.06 bits per heavy atom. The number of halogens is 1. The lowest BCUT2D eigenvalue weighted by atomic mass is 10.0. The van der Waals surface area contributed by atoms with Crippen LogP contribution in [0.1, 0.15) is 60.8 Å². The fourth-order valence-electron chi connectivity index (χ4n) is 4.01. The molecule has 0 amide bonds. The van der Waals surface area contributed by atoms with Gasteiger partial charge >= 0.3 is 0 Å². The molecule has 31 heavy (non-hydrogen) atoms. The maximum absolute atomic E-state index is 5.74. The van der Waals surface area contributed by atoms with Gasteiger partial charge in [0.25, 0.3) is 0 Å². The van der Waals surface area contributed by atoms with Gasteiger partial charge in [0.1, 0.15) is 12.0 Å². The van der Waals surface area contributed by atoms with Crippen molar-refractivity contribution in [2.45, 2.75) is 89.0 Å². The van der Waals surface area contributed by atoms with Gasteiger partial charge in [-0.15, -0.1) is 20.7 Å². The van der Waals surface area contributed by atoms with Crippen LogP contribution in [0.4, 0.5) is 0 Å². The molecule has 1 fully saturated rings. The predicted octanol–water partition coefficient (Wildman–Crippen LogP) is 3.62. The molecule has 1 saturated heterocycles. The first kappa shape index (κ1) is 26.5. The van der Waals surface area contributed by atoms with Crippen LogP contribution in [0.2, 0.25) is 0 Å². The Labute approximate surface area is 200 Å². The summed E-state index contributed by atoms with van der Waals surface area (Å²) in [6.45, 7) is 15.9. The molecule has 0 radical (unpaired) electrons. The number of aliphatic imine (C=N–C) groups is 1. The molecule has 6 nitrogen and oxygen atoms in total. The topological polar surface area (TPSA) is 68.7 Å². The zero-order valence-corrected chi connectivity index (χ0v) is 22.8. The van der Waals surface area contributed by atoms with E-state index >= 15 is 0 Å². The van der Waals surface area contributed by atoms with Crippen molar-refractivity contribution in [2.75, 3.05) is 20.1 Å². The van der Waals surface area contributed by atoms with Crippen molar-refractivity contribution in [3.05, 3.63) is 23.4 Å². The van der Waals surface area contributed by atoms with Crippen LogP contribution in [0.3, 0.4) is 0 Å². The number of rotatable bonds is 14. The van der Waals surface area contributed by atoms with Crippen LogP contribution in [0.25, 0.3) is 0 Å². The second-order valence-electron chi connectivity index (χ2n) is 9.13. The van der Waals surface area contributed by atoms with Gasteiger partial charge in [0, 0.05) is 30.2 Å². The van der Waals surface area contributed by atoms with E-state index < -0.39 is 0 Å². The molecule has 0 aromatic rings. The molecule has 6 atom stereocenters. The van der Waals surface area contributed by atoms with Gasteiger partial charge < -0.3 is 11.1 Å². The van der Waals surface area contributed by atoms with Crippen LogP contribution in [-0.4, -0.2) is 68.6 Å². The lowest BCUT2D eigenvalue weighted by Gasteiger charge is -2.36. The van der Waals surface area contributed by atoms with Gasteiger partial charge in [0.05, 0.1) is 10.5 Å². The van der Waals surface area contributed by atoms with Gasteiger partial charge in [-0.2, -0.15) is 0 Å². The molecule has 0 bridgehead atoms. The van der Waals surface area contributed by atoms with Crippen molar-refractivity contribution in [3.63, 3.8) is 0 Å². The van der Waals surface area contributed by atoms with Crippen LogP contribution < -0.4 is 16.5 Å². The molecule has 1 heterocycles. The van der Waals surface area contributed by atoms with E-state index in [1.807, 2.05) is 7.05 Å². The number of nitrogens with two attached hydrogens (primary N) is 1. The van der Waals surface area contributed by atoms with E-state index in [1.54, 1.807) is 11.8 Å². The predicted molar refractivity (Wildman–Crippen MR) is 145 cm³/mol. The molecule has 1 aliphatic heterocycles. The number of hydrazine groups is 1. The number of amidine groups is 1. The molecule has 178 valence electrons. The minimum Gasteiger partial charge on any atom is -0.405 e. The normalized spacial score (nSPS) is 26.6. The van der Waals surface area contributed by atoms with Crippen LogP contribution in [0.15, 0.2) is 28.4 Å². The Hall–Kier alpha value is -0.770. The monoisotopic (exact) mass is 544 g/mol. The van der Waals surface area contributed by atoms with Gasteiger partial charge in [-0.3, -0.25) is 10.3 Å². The van der Waals surface area contributed by atoms with Gasteiger partial charge in [-0.05, 0) is 57.5 Å². The van der Waals surface area contributed by atoms with Crippen molar-refractivity contribution in [2.24, 2.45) is 16.6 Å². The molecule has 2 rings (SSSR count). The molecule has 2 unspecified atom stereocenters. The highest BCUT2D eigenvalue weighted by atomic mass is 127. The van der Waals surface area contributed by atoms with Crippen molar-refractivity contribution >= 4 is 31.1 Å². The van der Waals surface area contributed by atoms with E-state index in [4.69, 9.17) is 10.7 Å². The maximum atomic E-state index is 5.74. The van der Waals surface area contributed by atoms with Crippen molar-refractivity contribution in [1.82, 2.24) is 20.7 Å². The molecule has 0 aromatic heterocycles. The molecular formula is C24H45IN6. The van der Waals surface area contributed by atoms with E-state index in [9.17, 15) is 0 Å². The summed E-state index contributed by atoms with van der Waals surface area (Å²) in [5.74, 6) is 1.71. The summed E-state index contributed by atoms with van der Waals surface area (Å²) >= 11 is -0.154. The summed E-state index contributed by atoms with van der Waals surface area (Å²) in [4.78, 5) is 7.81. The molecular weight excluding hydrogens is 499 g/mol. The van der Waals surface area contributed by atoms with Crippen molar-refractivity contribution in [3.8, 4) is 0 Å². The Morgan fingerprint density at radius 1 is 1.35 bits per heavy atom. The largest absolute Gasteiger partial charge is 0.405 e. The Morgan fingerprint density at radius 3 is 2.55 bits per heavy atom. The highest BCUT2D eigenvalue weighted by Gasteiger charge is 2.42. The molecule has 7 heteroatoms. The summed E-state index contributed by atoms with van der Waals surface area (Å²) in [5.41, 5.74) is 11.9. The minimum atomic E-state index is -0.154. The number of nitrogens with zero attached hydrogens (tertiary/aromatic N) is 3. The summed E-state index contributed by atoms with van der Waals surface area (Å²) < 4.78 is 4.91. The van der Waals surface area contributed by atoms with Gasteiger partial charge in [0.15, 0.2) is 0 Å². The third kappa shape index (κ3) is 7.11. The first-order valence-electron chi connectivity index (χ1n) is 11.8.